The van der Waals surface area contributed by atoms with Crippen LogP contribution in [-0.4, -0.2) is 40.8 Å². The molecule has 2 N–H and O–H groups in total. The lowest BCUT2D eigenvalue weighted by Crippen LogP contribution is -2.30. The minimum absolute atomic E-state index is 0.0120. The molecule has 1 heterocycles. The fraction of sp³-hybridized carbons (Fsp3) is 0.583. The van der Waals surface area contributed by atoms with Crippen molar-refractivity contribution in [2.45, 2.75) is 25.8 Å². The van der Waals surface area contributed by atoms with Gasteiger partial charge in [-0.05, 0) is 25.8 Å². The van der Waals surface area contributed by atoms with Gasteiger partial charge in [0.25, 0.3) is 0 Å². The molecule has 7 heteroatoms. The van der Waals surface area contributed by atoms with E-state index in [4.69, 9.17) is 5.11 Å². The Balaban J connectivity index is 2.37. The van der Waals surface area contributed by atoms with Crippen LogP contribution in [0.15, 0.2) is 12.1 Å². The molecule has 1 aromatic heterocycles. The maximum atomic E-state index is 11.1. The van der Waals surface area contributed by atoms with Gasteiger partial charge in [-0.25, -0.2) is 4.98 Å². The van der Waals surface area contributed by atoms with Crippen LogP contribution in [0.3, 0.4) is 0 Å². The number of nitrogens with one attached hydrogen (secondary N) is 1. The van der Waals surface area contributed by atoms with E-state index < -0.39 is 4.92 Å². The summed E-state index contributed by atoms with van der Waals surface area (Å²) in [5.74, 6) is 0.965. The SMILES string of the molecule is CCNc1ccc([N+](=O)[O-])c(N(CCO)C2CC2)n1. The smallest absolute Gasteiger partial charge is 0.311 e. The molecule has 0 aliphatic heterocycles. The highest BCUT2D eigenvalue weighted by Gasteiger charge is 2.33. The van der Waals surface area contributed by atoms with Crippen LogP contribution in [0.2, 0.25) is 0 Å². The second-order valence-electron chi connectivity index (χ2n) is 4.47. The molecule has 0 spiro atoms. The first-order valence-corrected chi connectivity index (χ1v) is 6.44. The molecule has 104 valence electrons. The van der Waals surface area contributed by atoms with Gasteiger partial charge in [-0.3, -0.25) is 10.1 Å². The molecule has 1 aliphatic rings. The van der Waals surface area contributed by atoms with E-state index in [0.29, 0.717) is 24.7 Å². The normalized spacial score (nSPS) is 14.2. The largest absolute Gasteiger partial charge is 0.395 e. The first kappa shape index (κ1) is 13.5. The third-order valence-electron chi connectivity index (χ3n) is 3.01. The number of hydrogen-bond donors (Lipinski definition) is 2. The van der Waals surface area contributed by atoms with Gasteiger partial charge in [0, 0.05) is 25.2 Å². The molecule has 1 saturated carbocycles. The zero-order valence-corrected chi connectivity index (χ0v) is 10.9. The number of rotatable bonds is 7. The highest BCUT2D eigenvalue weighted by atomic mass is 16.6. The molecular weight excluding hydrogens is 248 g/mol. The molecule has 1 aromatic rings. The van der Waals surface area contributed by atoms with Gasteiger partial charge in [0.1, 0.15) is 5.82 Å². The molecule has 2 rings (SSSR count). The summed E-state index contributed by atoms with van der Waals surface area (Å²) in [6.07, 6.45) is 1.98. The fourth-order valence-electron chi connectivity index (χ4n) is 2.03. The third kappa shape index (κ3) is 3.11. The number of anilines is 2. The van der Waals surface area contributed by atoms with Crippen LogP contribution in [0.1, 0.15) is 19.8 Å². The topological polar surface area (TPSA) is 91.5 Å². The van der Waals surface area contributed by atoms with E-state index >= 15 is 0 Å². The van der Waals surface area contributed by atoms with E-state index in [1.54, 1.807) is 6.07 Å². The van der Waals surface area contributed by atoms with Crippen molar-refractivity contribution in [3.63, 3.8) is 0 Å². The first-order chi connectivity index (χ1) is 9.17. The quantitative estimate of drug-likeness (QED) is 0.572. The van der Waals surface area contributed by atoms with Crippen molar-refractivity contribution in [3.8, 4) is 0 Å². The molecule has 1 fully saturated rings. The van der Waals surface area contributed by atoms with Crippen molar-refractivity contribution in [1.29, 1.82) is 0 Å². The molecule has 1 aliphatic carbocycles. The standard InChI is InChI=1S/C12H18N4O3/c1-2-13-11-6-5-10(16(18)19)12(14-11)15(7-8-17)9-3-4-9/h5-6,9,17H,2-4,7-8H2,1H3,(H,13,14). The summed E-state index contributed by atoms with van der Waals surface area (Å²) >= 11 is 0. The van der Waals surface area contributed by atoms with Gasteiger partial charge in [0.05, 0.1) is 11.5 Å². The van der Waals surface area contributed by atoms with E-state index in [-0.39, 0.29) is 18.3 Å². The van der Waals surface area contributed by atoms with Gasteiger partial charge in [-0.1, -0.05) is 0 Å². The van der Waals surface area contributed by atoms with Crippen LogP contribution in [0.4, 0.5) is 17.3 Å². The lowest BCUT2D eigenvalue weighted by atomic mass is 10.3. The molecule has 0 amide bonds. The number of hydrogen-bond acceptors (Lipinski definition) is 6. The van der Waals surface area contributed by atoms with Crippen LogP contribution >= 0.6 is 0 Å². The summed E-state index contributed by atoms with van der Waals surface area (Å²) in [7, 11) is 0. The van der Waals surface area contributed by atoms with Gasteiger partial charge in [0.15, 0.2) is 0 Å². The number of pyridine rings is 1. The Kier molecular flexibility index (Phi) is 4.16. The van der Waals surface area contributed by atoms with Crippen molar-refractivity contribution < 1.29 is 10.0 Å². The second-order valence-corrected chi connectivity index (χ2v) is 4.47. The van der Waals surface area contributed by atoms with Crippen LogP contribution in [0.5, 0.6) is 0 Å². The lowest BCUT2D eigenvalue weighted by Gasteiger charge is -2.22. The minimum atomic E-state index is -0.426. The molecule has 0 aromatic carbocycles. The summed E-state index contributed by atoms with van der Waals surface area (Å²) < 4.78 is 0. The Bertz CT molecular complexity index is 462. The molecule has 0 unspecified atom stereocenters. The Hall–Kier alpha value is -1.89. The maximum Gasteiger partial charge on any atom is 0.311 e. The second kappa shape index (κ2) is 5.83. The summed E-state index contributed by atoms with van der Waals surface area (Å²) in [6, 6.07) is 3.33. The predicted octanol–water partition coefficient (Wildman–Crippen LogP) is 1.38. The maximum absolute atomic E-state index is 11.1. The van der Waals surface area contributed by atoms with Crippen LogP contribution in [0.25, 0.3) is 0 Å². The third-order valence-corrected chi connectivity index (χ3v) is 3.01. The number of aliphatic hydroxyl groups is 1. The van der Waals surface area contributed by atoms with E-state index in [0.717, 1.165) is 12.8 Å². The van der Waals surface area contributed by atoms with Crippen LogP contribution < -0.4 is 10.2 Å². The van der Waals surface area contributed by atoms with Gasteiger partial charge < -0.3 is 15.3 Å². The van der Waals surface area contributed by atoms with Gasteiger partial charge >= 0.3 is 5.69 Å². The number of aliphatic hydroxyl groups excluding tert-OH is 1. The summed E-state index contributed by atoms with van der Waals surface area (Å²) in [5, 5.41) is 23.3. The van der Waals surface area contributed by atoms with Gasteiger partial charge in [-0.15, -0.1) is 0 Å². The highest BCUT2D eigenvalue weighted by molar-refractivity contribution is 5.62. The molecule has 0 bridgehead atoms. The fourth-order valence-corrected chi connectivity index (χ4v) is 2.03. The van der Waals surface area contributed by atoms with Gasteiger partial charge in [-0.2, -0.15) is 0 Å². The molecule has 0 radical (unpaired) electrons. The molecule has 0 atom stereocenters. The van der Waals surface area contributed by atoms with Crippen LogP contribution in [0, 0.1) is 10.1 Å². The molecule has 7 nitrogen and oxygen atoms in total. The average molecular weight is 266 g/mol. The molecule has 0 saturated heterocycles. The molecular formula is C12H18N4O3. The summed E-state index contributed by atoms with van der Waals surface area (Å²) in [6.45, 7) is 2.97. The average Bonchev–Trinajstić information content (AvgIpc) is 3.20. The van der Waals surface area contributed by atoms with Crippen molar-refractivity contribution in [2.75, 3.05) is 29.9 Å². The Morgan fingerprint density at radius 3 is 2.84 bits per heavy atom. The number of aromatic nitrogens is 1. The zero-order valence-electron chi connectivity index (χ0n) is 10.9. The molecule has 19 heavy (non-hydrogen) atoms. The summed E-state index contributed by atoms with van der Waals surface area (Å²) in [4.78, 5) is 16.8. The predicted molar refractivity (Wildman–Crippen MR) is 72.5 cm³/mol. The van der Waals surface area contributed by atoms with Gasteiger partial charge in [0.2, 0.25) is 5.82 Å². The zero-order chi connectivity index (χ0) is 13.8. The first-order valence-electron chi connectivity index (χ1n) is 6.44. The van der Waals surface area contributed by atoms with E-state index in [1.165, 1.54) is 6.07 Å². The monoisotopic (exact) mass is 266 g/mol. The van der Waals surface area contributed by atoms with Crippen molar-refractivity contribution in [1.82, 2.24) is 4.98 Å². The van der Waals surface area contributed by atoms with Crippen molar-refractivity contribution >= 4 is 17.3 Å². The van der Waals surface area contributed by atoms with Crippen LogP contribution in [-0.2, 0) is 0 Å². The van der Waals surface area contributed by atoms with Crippen molar-refractivity contribution in [2.24, 2.45) is 0 Å². The van der Waals surface area contributed by atoms with E-state index in [1.807, 2.05) is 11.8 Å². The van der Waals surface area contributed by atoms with Crippen molar-refractivity contribution in [3.05, 3.63) is 22.2 Å². The number of nitro groups is 1. The Morgan fingerprint density at radius 1 is 1.58 bits per heavy atom. The Morgan fingerprint density at radius 2 is 2.32 bits per heavy atom. The van der Waals surface area contributed by atoms with E-state index in [9.17, 15) is 10.1 Å². The Labute approximate surface area is 111 Å². The lowest BCUT2D eigenvalue weighted by molar-refractivity contribution is -0.384. The number of nitrogens with zero attached hydrogens (tertiary/aromatic N) is 3. The van der Waals surface area contributed by atoms with E-state index in [2.05, 4.69) is 10.3 Å². The minimum Gasteiger partial charge on any atom is -0.395 e. The highest BCUT2D eigenvalue weighted by Crippen LogP contribution is 2.36. The summed E-state index contributed by atoms with van der Waals surface area (Å²) in [5.41, 5.74) is -0.0120.